The summed E-state index contributed by atoms with van der Waals surface area (Å²) in [6.07, 6.45) is 0.243. The summed E-state index contributed by atoms with van der Waals surface area (Å²) in [6.45, 7) is 5.75. The van der Waals surface area contributed by atoms with E-state index in [-0.39, 0.29) is 35.7 Å². The van der Waals surface area contributed by atoms with Crippen LogP contribution in [0.25, 0.3) is 11.3 Å². The van der Waals surface area contributed by atoms with Crippen LogP contribution in [0.15, 0.2) is 48.7 Å². The summed E-state index contributed by atoms with van der Waals surface area (Å²) in [4.78, 5) is 11.7. The van der Waals surface area contributed by atoms with E-state index in [2.05, 4.69) is 10.3 Å². The van der Waals surface area contributed by atoms with Gasteiger partial charge in [-0.15, -0.1) is 5.10 Å². The zero-order valence-electron chi connectivity index (χ0n) is 19.5. The molecule has 1 aliphatic rings. The number of carbonyl (C=O) groups excluding carboxylic acids is 1. The SMILES string of the molecule is CC(=O)OC1OC(COCc2ccccc2)[C@H](C)[C@H](n2cc(-c3cc(F)c(F)c(F)c3)nn2)C1C. The summed E-state index contributed by atoms with van der Waals surface area (Å²) in [7, 11) is 0. The van der Waals surface area contributed by atoms with E-state index in [1.165, 1.54) is 13.1 Å². The highest BCUT2D eigenvalue weighted by Crippen LogP contribution is 2.39. The van der Waals surface area contributed by atoms with Crippen molar-refractivity contribution >= 4 is 5.97 Å². The summed E-state index contributed by atoms with van der Waals surface area (Å²) in [5.74, 6) is -5.13. The fourth-order valence-electron chi connectivity index (χ4n) is 4.38. The molecule has 0 N–H and O–H groups in total. The normalized spacial score (nSPS) is 24.3. The average molecular weight is 489 g/mol. The minimum atomic E-state index is -1.55. The maximum atomic E-state index is 13.7. The Labute approximate surface area is 200 Å². The molecular formula is C25H26F3N3O4. The Morgan fingerprint density at radius 2 is 1.77 bits per heavy atom. The molecule has 35 heavy (non-hydrogen) atoms. The van der Waals surface area contributed by atoms with Gasteiger partial charge in [0.15, 0.2) is 17.5 Å². The molecule has 1 aromatic heterocycles. The molecule has 3 aromatic rings. The standard InChI is InChI=1S/C25H26F3N3O4/c1-14-22(13-33-12-17-7-5-4-6-8-17)35-25(34-16(3)32)15(2)24(14)31-11-21(29-30-31)18-9-19(26)23(28)20(27)10-18/h4-11,14-15,22,24-25H,12-13H2,1-3H3/t14-,15?,22?,24-,25?/m0/s1. The number of nitrogens with zero attached hydrogens (tertiary/aromatic N) is 3. The number of ether oxygens (including phenoxy) is 3. The van der Waals surface area contributed by atoms with Crippen LogP contribution in [-0.2, 0) is 25.6 Å². The Morgan fingerprint density at radius 3 is 2.43 bits per heavy atom. The van der Waals surface area contributed by atoms with E-state index in [0.29, 0.717) is 6.61 Å². The number of benzene rings is 2. The molecule has 2 aromatic carbocycles. The highest BCUT2D eigenvalue weighted by atomic mass is 19.2. The molecule has 186 valence electrons. The van der Waals surface area contributed by atoms with Gasteiger partial charge in [0.25, 0.3) is 0 Å². The molecule has 5 atom stereocenters. The van der Waals surface area contributed by atoms with E-state index in [0.717, 1.165) is 17.7 Å². The molecule has 7 nitrogen and oxygen atoms in total. The quantitative estimate of drug-likeness (QED) is 0.354. The van der Waals surface area contributed by atoms with Gasteiger partial charge < -0.3 is 14.2 Å². The van der Waals surface area contributed by atoms with Crippen molar-refractivity contribution < 1.29 is 32.2 Å². The Kier molecular flexibility index (Phi) is 7.51. The minimum absolute atomic E-state index is 0.0549. The molecule has 1 saturated heterocycles. The first kappa shape index (κ1) is 24.9. The molecule has 3 unspecified atom stereocenters. The molecule has 0 aliphatic carbocycles. The van der Waals surface area contributed by atoms with Crippen molar-refractivity contribution in [3.63, 3.8) is 0 Å². The monoisotopic (exact) mass is 489 g/mol. The van der Waals surface area contributed by atoms with E-state index < -0.39 is 35.8 Å². The lowest BCUT2D eigenvalue weighted by Gasteiger charge is -2.43. The molecular weight excluding hydrogens is 463 g/mol. The lowest BCUT2D eigenvalue weighted by Crippen LogP contribution is -2.49. The molecule has 1 aliphatic heterocycles. The smallest absolute Gasteiger partial charge is 0.304 e. The van der Waals surface area contributed by atoms with Crippen molar-refractivity contribution in [3.05, 3.63) is 71.7 Å². The van der Waals surface area contributed by atoms with Crippen LogP contribution in [-0.4, -0.2) is 40.0 Å². The van der Waals surface area contributed by atoms with Crippen molar-refractivity contribution in [3.8, 4) is 11.3 Å². The average Bonchev–Trinajstić information content (AvgIpc) is 3.30. The molecule has 10 heteroatoms. The maximum Gasteiger partial charge on any atom is 0.304 e. The summed E-state index contributed by atoms with van der Waals surface area (Å²) in [6, 6.07) is 11.1. The number of carbonyl (C=O) groups is 1. The van der Waals surface area contributed by atoms with Crippen LogP contribution >= 0.6 is 0 Å². The van der Waals surface area contributed by atoms with E-state index in [4.69, 9.17) is 14.2 Å². The fraction of sp³-hybridized carbons (Fsp3) is 0.400. The second-order valence-corrected chi connectivity index (χ2v) is 8.70. The molecule has 1 fully saturated rings. The van der Waals surface area contributed by atoms with Gasteiger partial charge in [-0.05, 0) is 17.7 Å². The molecule has 0 saturated carbocycles. The van der Waals surface area contributed by atoms with Gasteiger partial charge in [-0.2, -0.15) is 0 Å². The van der Waals surface area contributed by atoms with Gasteiger partial charge in [0.1, 0.15) is 5.69 Å². The van der Waals surface area contributed by atoms with Gasteiger partial charge in [-0.25, -0.2) is 17.9 Å². The largest absolute Gasteiger partial charge is 0.436 e. The van der Waals surface area contributed by atoms with Crippen LogP contribution in [0.5, 0.6) is 0 Å². The first-order valence-electron chi connectivity index (χ1n) is 11.3. The van der Waals surface area contributed by atoms with Crippen molar-refractivity contribution in [2.75, 3.05) is 6.61 Å². The Balaban J connectivity index is 1.56. The summed E-state index contributed by atoms with van der Waals surface area (Å²) in [5, 5.41) is 8.20. The number of hydrogen-bond acceptors (Lipinski definition) is 6. The van der Waals surface area contributed by atoms with Crippen LogP contribution in [0.3, 0.4) is 0 Å². The molecule has 4 rings (SSSR count). The third-order valence-electron chi connectivity index (χ3n) is 6.17. The zero-order valence-corrected chi connectivity index (χ0v) is 19.5. The highest BCUT2D eigenvalue weighted by molar-refractivity contribution is 5.66. The zero-order chi connectivity index (χ0) is 25.1. The fourth-order valence-corrected chi connectivity index (χ4v) is 4.38. The van der Waals surface area contributed by atoms with E-state index in [1.54, 1.807) is 4.68 Å². The second-order valence-electron chi connectivity index (χ2n) is 8.70. The van der Waals surface area contributed by atoms with Gasteiger partial charge in [-0.3, -0.25) is 4.79 Å². The molecule has 0 bridgehead atoms. The lowest BCUT2D eigenvalue weighted by atomic mass is 9.83. The number of rotatable bonds is 7. The molecule has 0 spiro atoms. The third kappa shape index (κ3) is 5.54. The lowest BCUT2D eigenvalue weighted by molar-refractivity contribution is -0.249. The van der Waals surface area contributed by atoms with Crippen LogP contribution in [0.2, 0.25) is 0 Å². The number of hydrogen-bond donors (Lipinski definition) is 0. The first-order valence-corrected chi connectivity index (χ1v) is 11.3. The number of halogens is 3. The number of esters is 1. The van der Waals surface area contributed by atoms with Crippen LogP contribution in [0, 0.1) is 29.3 Å². The summed E-state index contributed by atoms with van der Waals surface area (Å²) in [5.41, 5.74) is 1.24. The van der Waals surface area contributed by atoms with Gasteiger partial charge in [0, 0.05) is 24.3 Å². The molecule has 0 amide bonds. The third-order valence-corrected chi connectivity index (χ3v) is 6.17. The number of aromatic nitrogens is 3. The summed E-state index contributed by atoms with van der Waals surface area (Å²) < 4.78 is 59.8. The van der Waals surface area contributed by atoms with Crippen LogP contribution in [0.4, 0.5) is 13.2 Å². The predicted octanol–water partition coefficient (Wildman–Crippen LogP) is 4.68. The highest BCUT2D eigenvalue weighted by Gasteiger charge is 2.44. The Morgan fingerprint density at radius 1 is 1.09 bits per heavy atom. The van der Waals surface area contributed by atoms with Crippen LogP contribution < -0.4 is 0 Å². The Hall–Kier alpha value is -3.24. The predicted molar refractivity (Wildman–Crippen MR) is 119 cm³/mol. The molecule has 0 radical (unpaired) electrons. The Bertz CT molecular complexity index is 1150. The van der Waals surface area contributed by atoms with Gasteiger partial charge in [0.05, 0.1) is 31.6 Å². The summed E-state index contributed by atoms with van der Waals surface area (Å²) >= 11 is 0. The van der Waals surface area contributed by atoms with Crippen molar-refractivity contribution in [1.29, 1.82) is 0 Å². The van der Waals surface area contributed by atoms with Crippen molar-refractivity contribution in [2.24, 2.45) is 11.8 Å². The van der Waals surface area contributed by atoms with E-state index in [1.807, 2.05) is 44.2 Å². The maximum absolute atomic E-state index is 13.7. The van der Waals surface area contributed by atoms with Crippen LogP contribution in [0.1, 0.15) is 32.4 Å². The first-order chi connectivity index (χ1) is 16.7. The van der Waals surface area contributed by atoms with Crippen molar-refractivity contribution in [2.45, 2.75) is 45.8 Å². The topological polar surface area (TPSA) is 75.5 Å². The van der Waals surface area contributed by atoms with E-state index in [9.17, 15) is 18.0 Å². The second kappa shape index (κ2) is 10.6. The van der Waals surface area contributed by atoms with Crippen molar-refractivity contribution in [1.82, 2.24) is 15.0 Å². The van der Waals surface area contributed by atoms with Gasteiger partial charge >= 0.3 is 5.97 Å². The minimum Gasteiger partial charge on any atom is -0.436 e. The van der Waals surface area contributed by atoms with E-state index >= 15 is 0 Å². The van der Waals surface area contributed by atoms with Gasteiger partial charge in [0.2, 0.25) is 6.29 Å². The molecule has 2 heterocycles. The van der Waals surface area contributed by atoms with Gasteiger partial charge in [-0.1, -0.05) is 49.4 Å².